The van der Waals surface area contributed by atoms with Gasteiger partial charge >= 0.3 is 0 Å². The average molecular weight is 280 g/mol. The smallest absolute Gasteiger partial charge is 0.226 e. The molecule has 1 amide bonds. The molecule has 1 aromatic rings. The molecule has 2 heterocycles. The van der Waals surface area contributed by atoms with Gasteiger partial charge in [0.2, 0.25) is 5.91 Å². The lowest BCUT2D eigenvalue weighted by Gasteiger charge is -2.37. The van der Waals surface area contributed by atoms with Crippen LogP contribution in [0.2, 0.25) is 0 Å². The first-order valence-corrected chi connectivity index (χ1v) is 7.11. The van der Waals surface area contributed by atoms with Gasteiger partial charge in [-0.2, -0.15) is 5.10 Å². The van der Waals surface area contributed by atoms with Crippen LogP contribution in [0.25, 0.3) is 0 Å². The van der Waals surface area contributed by atoms with Crippen molar-refractivity contribution in [2.75, 3.05) is 33.4 Å². The fraction of sp³-hybridized carbons (Fsp3) is 0.714. The number of hydrogen-bond acceptors (Lipinski definition) is 4. The zero-order chi connectivity index (χ0) is 14.4. The molecular formula is C14H24N4O2. The van der Waals surface area contributed by atoms with Crippen molar-refractivity contribution in [3.05, 3.63) is 17.5 Å². The van der Waals surface area contributed by atoms with Gasteiger partial charge in [-0.3, -0.25) is 9.89 Å². The highest BCUT2D eigenvalue weighted by Gasteiger charge is 2.32. The minimum Gasteiger partial charge on any atom is -0.384 e. The Morgan fingerprint density at radius 3 is 2.85 bits per heavy atom. The number of methoxy groups -OCH3 is 1. The Morgan fingerprint density at radius 2 is 2.25 bits per heavy atom. The number of nitrogens with one attached hydrogen (secondary N) is 3. The van der Waals surface area contributed by atoms with Crippen LogP contribution in [0.4, 0.5) is 0 Å². The van der Waals surface area contributed by atoms with E-state index in [9.17, 15) is 4.79 Å². The monoisotopic (exact) mass is 280 g/mol. The molecule has 0 bridgehead atoms. The topological polar surface area (TPSA) is 79.0 Å². The molecule has 0 radical (unpaired) electrons. The number of rotatable bonds is 6. The number of aromatic amines is 1. The second kappa shape index (κ2) is 6.85. The minimum absolute atomic E-state index is 0.0190. The Bertz CT molecular complexity index is 433. The summed E-state index contributed by atoms with van der Waals surface area (Å²) in [5, 5.41) is 13.3. The fourth-order valence-corrected chi connectivity index (χ4v) is 2.71. The molecule has 1 aliphatic rings. The predicted octanol–water partition coefficient (Wildman–Crippen LogP) is 0.393. The van der Waals surface area contributed by atoms with E-state index >= 15 is 0 Å². The molecule has 112 valence electrons. The first-order valence-electron chi connectivity index (χ1n) is 7.11. The third-order valence-corrected chi connectivity index (χ3v) is 3.88. The van der Waals surface area contributed by atoms with Crippen molar-refractivity contribution in [3.63, 3.8) is 0 Å². The Balaban J connectivity index is 1.84. The molecule has 20 heavy (non-hydrogen) atoms. The number of amides is 1. The number of nitrogens with zero attached hydrogens (tertiary/aromatic N) is 1. The zero-order valence-corrected chi connectivity index (χ0v) is 12.3. The highest BCUT2D eigenvalue weighted by molar-refractivity contribution is 5.78. The van der Waals surface area contributed by atoms with Crippen molar-refractivity contribution < 1.29 is 9.53 Å². The summed E-state index contributed by atoms with van der Waals surface area (Å²) in [5.74, 6) is 0.0190. The zero-order valence-electron chi connectivity index (χ0n) is 12.3. The summed E-state index contributed by atoms with van der Waals surface area (Å²) in [7, 11) is 1.72. The average Bonchev–Trinajstić information content (AvgIpc) is 2.83. The molecule has 1 aromatic heterocycles. The second-order valence-corrected chi connectivity index (χ2v) is 5.68. The van der Waals surface area contributed by atoms with Gasteiger partial charge in [-0.25, -0.2) is 0 Å². The molecule has 1 fully saturated rings. The van der Waals surface area contributed by atoms with E-state index in [1.54, 1.807) is 7.11 Å². The molecule has 0 atom stereocenters. The molecule has 1 aliphatic heterocycles. The molecule has 1 saturated heterocycles. The lowest BCUT2D eigenvalue weighted by Crippen LogP contribution is -2.47. The van der Waals surface area contributed by atoms with Crippen LogP contribution in [0.15, 0.2) is 6.07 Å². The molecule has 0 unspecified atom stereocenters. The summed E-state index contributed by atoms with van der Waals surface area (Å²) in [6.07, 6.45) is 2.39. The molecule has 0 aliphatic carbocycles. The largest absolute Gasteiger partial charge is 0.384 e. The van der Waals surface area contributed by atoms with Crippen molar-refractivity contribution in [3.8, 4) is 0 Å². The summed E-state index contributed by atoms with van der Waals surface area (Å²) >= 11 is 0. The van der Waals surface area contributed by atoms with Crippen LogP contribution in [-0.4, -0.2) is 49.5 Å². The molecular weight excluding hydrogens is 256 g/mol. The van der Waals surface area contributed by atoms with Crippen LogP contribution >= 0.6 is 0 Å². The van der Waals surface area contributed by atoms with Gasteiger partial charge in [0.15, 0.2) is 0 Å². The van der Waals surface area contributed by atoms with Crippen molar-refractivity contribution in [2.24, 2.45) is 5.41 Å². The first-order chi connectivity index (χ1) is 9.63. The standard InChI is InChI=1S/C14H24N4O2/c1-11-7-12(18-17-11)8-13(19)16-9-14(10-20-2)3-5-15-6-4-14/h7,15H,3-6,8-10H2,1-2H3,(H,16,19)(H,17,18). The van der Waals surface area contributed by atoms with E-state index in [0.29, 0.717) is 19.6 Å². The van der Waals surface area contributed by atoms with Gasteiger partial charge in [0.1, 0.15) is 0 Å². The number of piperidine rings is 1. The van der Waals surface area contributed by atoms with Crippen LogP contribution < -0.4 is 10.6 Å². The van der Waals surface area contributed by atoms with Gasteiger partial charge in [0, 0.05) is 24.8 Å². The highest BCUT2D eigenvalue weighted by Crippen LogP contribution is 2.28. The number of H-pyrrole nitrogens is 1. The van der Waals surface area contributed by atoms with E-state index in [-0.39, 0.29) is 11.3 Å². The molecule has 6 nitrogen and oxygen atoms in total. The normalized spacial score (nSPS) is 17.9. The summed E-state index contributed by atoms with van der Waals surface area (Å²) in [6, 6.07) is 1.90. The first kappa shape index (κ1) is 15.0. The van der Waals surface area contributed by atoms with Crippen LogP contribution in [0.3, 0.4) is 0 Å². The van der Waals surface area contributed by atoms with E-state index in [1.807, 2.05) is 13.0 Å². The lowest BCUT2D eigenvalue weighted by atomic mass is 9.79. The molecule has 2 rings (SSSR count). The molecule has 3 N–H and O–H groups in total. The van der Waals surface area contributed by atoms with Gasteiger partial charge in [-0.1, -0.05) is 0 Å². The SMILES string of the molecule is COCC1(CNC(=O)Cc2cc(C)[nH]n2)CCNCC1. The maximum Gasteiger partial charge on any atom is 0.226 e. The van der Waals surface area contributed by atoms with E-state index < -0.39 is 0 Å². The summed E-state index contributed by atoms with van der Waals surface area (Å²) < 4.78 is 5.34. The van der Waals surface area contributed by atoms with Crippen LogP contribution in [0.1, 0.15) is 24.2 Å². The third kappa shape index (κ3) is 4.05. The van der Waals surface area contributed by atoms with Gasteiger partial charge < -0.3 is 15.4 Å². The summed E-state index contributed by atoms with van der Waals surface area (Å²) in [6.45, 7) is 5.26. The molecule has 0 saturated carbocycles. The van der Waals surface area contributed by atoms with Gasteiger partial charge in [-0.15, -0.1) is 0 Å². The maximum absolute atomic E-state index is 12.0. The van der Waals surface area contributed by atoms with Crippen LogP contribution in [0, 0.1) is 12.3 Å². The van der Waals surface area contributed by atoms with Gasteiger partial charge in [-0.05, 0) is 38.9 Å². The lowest BCUT2D eigenvalue weighted by molar-refractivity contribution is -0.121. The Hall–Kier alpha value is -1.40. The number of carbonyl (C=O) groups excluding carboxylic acids is 1. The minimum atomic E-state index is 0.0190. The number of aryl methyl sites for hydroxylation is 1. The quantitative estimate of drug-likeness (QED) is 0.704. The van der Waals surface area contributed by atoms with E-state index in [2.05, 4.69) is 20.8 Å². The third-order valence-electron chi connectivity index (χ3n) is 3.88. The summed E-state index contributed by atoms with van der Waals surface area (Å²) in [5.41, 5.74) is 1.82. The predicted molar refractivity (Wildman–Crippen MR) is 76.5 cm³/mol. The number of ether oxygens (including phenoxy) is 1. The second-order valence-electron chi connectivity index (χ2n) is 5.68. The molecule has 6 heteroatoms. The van der Waals surface area contributed by atoms with Crippen molar-refractivity contribution in [1.29, 1.82) is 0 Å². The van der Waals surface area contributed by atoms with E-state index in [0.717, 1.165) is 37.3 Å². The van der Waals surface area contributed by atoms with Crippen molar-refractivity contribution >= 4 is 5.91 Å². The van der Waals surface area contributed by atoms with Crippen molar-refractivity contribution in [1.82, 2.24) is 20.8 Å². The Morgan fingerprint density at radius 1 is 1.50 bits per heavy atom. The van der Waals surface area contributed by atoms with Crippen molar-refractivity contribution in [2.45, 2.75) is 26.2 Å². The fourth-order valence-electron chi connectivity index (χ4n) is 2.71. The van der Waals surface area contributed by atoms with Gasteiger partial charge in [0.25, 0.3) is 0 Å². The van der Waals surface area contributed by atoms with E-state index in [1.165, 1.54) is 0 Å². The van der Waals surface area contributed by atoms with Gasteiger partial charge in [0.05, 0.1) is 18.7 Å². The Kier molecular flexibility index (Phi) is 5.14. The molecule has 0 spiro atoms. The maximum atomic E-state index is 12.0. The van der Waals surface area contributed by atoms with Crippen LogP contribution in [0.5, 0.6) is 0 Å². The summed E-state index contributed by atoms with van der Waals surface area (Å²) in [4.78, 5) is 12.0. The number of aromatic nitrogens is 2. The number of carbonyl (C=O) groups is 1. The van der Waals surface area contributed by atoms with Crippen LogP contribution in [-0.2, 0) is 16.0 Å². The Labute approximate surface area is 119 Å². The number of hydrogen-bond donors (Lipinski definition) is 3. The molecule has 0 aromatic carbocycles. The van der Waals surface area contributed by atoms with E-state index in [4.69, 9.17) is 4.74 Å². The highest BCUT2D eigenvalue weighted by atomic mass is 16.5.